The zero-order chi connectivity index (χ0) is 20.4. The number of rotatable bonds is 4. The maximum atomic E-state index is 12.8. The zero-order valence-electron chi connectivity index (χ0n) is 17.6. The number of likely N-dealkylation sites (tertiary alicyclic amines) is 1. The van der Waals surface area contributed by atoms with Crippen molar-refractivity contribution in [1.29, 1.82) is 0 Å². The summed E-state index contributed by atoms with van der Waals surface area (Å²) < 4.78 is 5.85. The van der Waals surface area contributed by atoms with Gasteiger partial charge >= 0.3 is 0 Å². The minimum absolute atomic E-state index is 0.0541. The third-order valence-corrected chi connectivity index (χ3v) is 6.00. The number of piperidine rings is 1. The van der Waals surface area contributed by atoms with Gasteiger partial charge in [-0.3, -0.25) is 4.79 Å². The first-order valence-corrected chi connectivity index (χ1v) is 10.5. The Bertz CT molecular complexity index is 860. The van der Waals surface area contributed by atoms with Gasteiger partial charge in [-0.2, -0.15) is 0 Å². The van der Waals surface area contributed by atoms with Crippen LogP contribution in [0.15, 0.2) is 30.5 Å². The molecule has 1 aromatic carbocycles. The maximum absolute atomic E-state index is 12.8. The van der Waals surface area contributed by atoms with Gasteiger partial charge in [0.05, 0.1) is 0 Å². The molecule has 1 fully saturated rings. The number of ether oxygens (including phenoxy) is 1. The van der Waals surface area contributed by atoms with Crippen molar-refractivity contribution in [3.05, 3.63) is 53.1 Å². The van der Waals surface area contributed by atoms with E-state index in [2.05, 4.69) is 16.9 Å². The zero-order valence-corrected chi connectivity index (χ0v) is 17.6. The molecule has 4 rings (SSSR count). The molecule has 3 heterocycles. The van der Waals surface area contributed by atoms with Crippen LogP contribution in [0.25, 0.3) is 0 Å². The predicted molar refractivity (Wildman–Crippen MR) is 112 cm³/mol. The predicted octanol–water partition coefficient (Wildman–Crippen LogP) is 2.95. The van der Waals surface area contributed by atoms with Gasteiger partial charge in [-0.05, 0) is 45.9 Å². The number of amides is 1. The van der Waals surface area contributed by atoms with Crippen molar-refractivity contribution in [2.24, 2.45) is 0 Å². The first-order chi connectivity index (χ1) is 14.0. The fourth-order valence-corrected chi connectivity index (χ4v) is 4.16. The van der Waals surface area contributed by atoms with Crippen molar-refractivity contribution in [2.75, 3.05) is 26.7 Å². The normalized spacial score (nSPS) is 18.9. The Balaban J connectivity index is 1.33. The number of hydrogen-bond acceptors (Lipinski definition) is 5. The lowest BCUT2D eigenvalue weighted by molar-refractivity contribution is -0.139. The molecule has 0 spiro atoms. The third-order valence-electron chi connectivity index (χ3n) is 6.00. The summed E-state index contributed by atoms with van der Waals surface area (Å²) in [6, 6.07) is 7.82. The Morgan fingerprint density at radius 1 is 1.17 bits per heavy atom. The van der Waals surface area contributed by atoms with Gasteiger partial charge in [0.25, 0.3) is 5.91 Å². The van der Waals surface area contributed by atoms with Crippen LogP contribution in [0.5, 0.6) is 5.75 Å². The van der Waals surface area contributed by atoms with E-state index in [9.17, 15) is 4.79 Å². The molecule has 0 saturated carbocycles. The summed E-state index contributed by atoms with van der Waals surface area (Å²) in [7, 11) is 2.13. The minimum atomic E-state index is -0.480. The second-order valence-electron chi connectivity index (χ2n) is 8.36. The number of fused-ring (bicyclic) bond motifs is 1. The summed E-state index contributed by atoms with van der Waals surface area (Å²) in [6.45, 7) is 7.31. The number of likely N-dealkylation sites (N-methyl/N-ethyl adjacent to an activating group) is 1. The molecular weight excluding hydrogens is 364 g/mol. The highest BCUT2D eigenvalue weighted by atomic mass is 16.5. The molecule has 2 aliphatic rings. The van der Waals surface area contributed by atoms with Crippen molar-refractivity contribution in [3.8, 4) is 5.75 Å². The van der Waals surface area contributed by atoms with Crippen LogP contribution in [-0.4, -0.2) is 58.5 Å². The fraction of sp³-hybridized carbons (Fsp3) is 0.522. The molecule has 154 valence electrons. The van der Waals surface area contributed by atoms with E-state index in [-0.39, 0.29) is 5.91 Å². The molecule has 29 heavy (non-hydrogen) atoms. The number of aromatic nitrogens is 2. The molecule has 6 heteroatoms. The van der Waals surface area contributed by atoms with Gasteiger partial charge < -0.3 is 14.5 Å². The van der Waals surface area contributed by atoms with Crippen LogP contribution in [0.1, 0.15) is 48.3 Å². The Morgan fingerprint density at radius 3 is 2.62 bits per heavy atom. The molecule has 2 aliphatic heterocycles. The van der Waals surface area contributed by atoms with E-state index in [1.807, 2.05) is 49.2 Å². The molecule has 2 aromatic rings. The smallest absolute Gasteiger partial charge is 0.263 e. The molecule has 0 unspecified atom stereocenters. The van der Waals surface area contributed by atoms with E-state index in [1.165, 1.54) is 16.8 Å². The Labute approximate surface area is 172 Å². The van der Waals surface area contributed by atoms with Gasteiger partial charge in [0.1, 0.15) is 11.6 Å². The van der Waals surface area contributed by atoms with Crippen molar-refractivity contribution < 1.29 is 9.53 Å². The number of nitrogens with zero attached hydrogens (tertiary/aromatic N) is 4. The third kappa shape index (κ3) is 4.58. The van der Waals surface area contributed by atoms with E-state index in [1.54, 1.807) is 0 Å². The van der Waals surface area contributed by atoms with Gasteiger partial charge in [-0.1, -0.05) is 17.7 Å². The topological polar surface area (TPSA) is 58.6 Å². The largest absolute Gasteiger partial charge is 0.481 e. The summed E-state index contributed by atoms with van der Waals surface area (Å²) in [5.74, 6) is 2.07. The molecular formula is C23H30N4O2. The Hall–Kier alpha value is -2.47. The quantitative estimate of drug-likeness (QED) is 0.798. The SMILES string of the molecule is Cc1ccc(O[C@H](C)C(=O)N2CCC(c3ncc4c(n3)CCN(C)C4)CC2)cc1. The van der Waals surface area contributed by atoms with Gasteiger partial charge in [-0.15, -0.1) is 0 Å². The van der Waals surface area contributed by atoms with Crippen molar-refractivity contribution in [2.45, 2.75) is 51.7 Å². The monoisotopic (exact) mass is 394 g/mol. The molecule has 0 radical (unpaired) electrons. The molecule has 1 atom stereocenters. The van der Waals surface area contributed by atoms with Gasteiger partial charge in [0, 0.05) is 56.0 Å². The Kier molecular flexibility index (Phi) is 5.81. The Morgan fingerprint density at radius 2 is 1.90 bits per heavy atom. The average Bonchev–Trinajstić information content (AvgIpc) is 2.74. The van der Waals surface area contributed by atoms with Crippen LogP contribution < -0.4 is 4.74 Å². The standard InChI is InChI=1S/C23H30N4O2/c1-16-4-6-20(7-5-16)29-17(2)23(28)27-12-8-18(9-13-27)22-24-14-19-15-26(3)11-10-21(19)25-22/h4-7,14,17-18H,8-13,15H2,1-3H3/t17-/m1/s1. The van der Waals surface area contributed by atoms with Crippen LogP contribution in [-0.2, 0) is 17.8 Å². The maximum Gasteiger partial charge on any atom is 0.263 e. The lowest BCUT2D eigenvalue weighted by Gasteiger charge is -2.33. The minimum Gasteiger partial charge on any atom is -0.481 e. The van der Waals surface area contributed by atoms with Crippen molar-refractivity contribution in [1.82, 2.24) is 19.8 Å². The number of aryl methyl sites for hydroxylation is 1. The molecule has 1 amide bonds. The van der Waals surface area contributed by atoms with Crippen LogP contribution in [0.2, 0.25) is 0 Å². The summed E-state index contributed by atoms with van der Waals surface area (Å²) >= 11 is 0. The first-order valence-electron chi connectivity index (χ1n) is 10.5. The number of carbonyl (C=O) groups is 1. The highest BCUT2D eigenvalue weighted by Crippen LogP contribution is 2.27. The first kappa shape index (κ1) is 19.8. The van der Waals surface area contributed by atoms with Gasteiger partial charge in [0.2, 0.25) is 0 Å². The molecule has 6 nitrogen and oxygen atoms in total. The molecule has 0 aliphatic carbocycles. The van der Waals surface area contributed by atoms with E-state index in [0.29, 0.717) is 5.92 Å². The van der Waals surface area contributed by atoms with Gasteiger partial charge in [-0.25, -0.2) is 9.97 Å². The molecule has 0 bridgehead atoms. The fourth-order valence-electron chi connectivity index (χ4n) is 4.16. The number of benzene rings is 1. The summed E-state index contributed by atoms with van der Waals surface area (Å²) in [4.78, 5) is 26.5. The highest BCUT2D eigenvalue weighted by Gasteiger charge is 2.29. The summed E-state index contributed by atoms with van der Waals surface area (Å²) in [5.41, 5.74) is 3.62. The second kappa shape index (κ2) is 8.49. The molecule has 0 N–H and O–H groups in total. The second-order valence-corrected chi connectivity index (χ2v) is 8.36. The number of hydrogen-bond donors (Lipinski definition) is 0. The van der Waals surface area contributed by atoms with Gasteiger partial charge in [0.15, 0.2) is 6.10 Å². The molecule has 1 aromatic heterocycles. The van der Waals surface area contributed by atoms with Crippen molar-refractivity contribution >= 4 is 5.91 Å². The summed E-state index contributed by atoms with van der Waals surface area (Å²) in [6.07, 6.45) is 4.32. The average molecular weight is 395 g/mol. The highest BCUT2D eigenvalue weighted by molar-refractivity contribution is 5.81. The molecule has 1 saturated heterocycles. The van der Waals surface area contributed by atoms with E-state index in [0.717, 1.165) is 57.0 Å². The van der Waals surface area contributed by atoms with E-state index < -0.39 is 6.10 Å². The van der Waals surface area contributed by atoms with Crippen LogP contribution in [0, 0.1) is 6.92 Å². The van der Waals surface area contributed by atoms with Crippen molar-refractivity contribution in [3.63, 3.8) is 0 Å². The van der Waals surface area contributed by atoms with Crippen LogP contribution >= 0.6 is 0 Å². The van der Waals surface area contributed by atoms with E-state index >= 15 is 0 Å². The lowest BCUT2D eigenvalue weighted by Crippen LogP contribution is -2.44. The van der Waals surface area contributed by atoms with Crippen LogP contribution in [0.4, 0.5) is 0 Å². The lowest BCUT2D eigenvalue weighted by atomic mass is 9.95. The summed E-state index contributed by atoms with van der Waals surface area (Å²) in [5, 5.41) is 0. The number of carbonyl (C=O) groups excluding carboxylic acids is 1. The van der Waals surface area contributed by atoms with Crippen LogP contribution in [0.3, 0.4) is 0 Å². The van der Waals surface area contributed by atoms with E-state index in [4.69, 9.17) is 9.72 Å².